The van der Waals surface area contributed by atoms with Gasteiger partial charge in [-0.3, -0.25) is 4.79 Å². The van der Waals surface area contributed by atoms with Gasteiger partial charge < -0.3 is 10.4 Å². The molecule has 0 rings (SSSR count). The highest BCUT2D eigenvalue weighted by molar-refractivity contribution is 5.66. The first-order valence-corrected chi connectivity index (χ1v) is 3.70. The van der Waals surface area contributed by atoms with Gasteiger partial charge in [-0.15, -0.1) is 0 Å². The normalized spacial score (nSPS) is 15.7. The van der Waals surface area contributed by atoms with Gasteiger partial charge in [0.15, 0.2) is 0 Å². The van der Waals surface area contributed by atoms with Crippen molar-refractivity contribution < 1.29 is 11.3 Å². The number of aliphatic carboxylic acids is 1. The minimum absolute atomic E-state index is 0.0438. The number of nitrogens with one attached hydrogen (secondary N) is 1. The van der Waals surface area contributed by atoms with E-state index in [-0.39, 0.29) is 12.0 Å². The van der Waals surface area contributed by atoms with Crippen molar-refractivity contribution in [3.05, 3.63) is 0 Å². The van der Waals surface area contributed by atoms with E-state index in [1.807, 2.05) is 20.8 Å². The molecule has 0 heterocycles. The lowest BCUT2D eigenvalue weighted by Crippen LogP contribution is -2.36. The SMILES string of the molecule is [2H]C(CNC(C)(C)C)CC(=O)O. The highest BCUT2D eigenvalue weighted by atomic mass is 16.4. The highest BCUT2D eigenvalue weighted by Crippen LogP contribution is 1.98. The van der Waals surface area contributed by atoms with E-state index in [4.69, 9.17) is 6.48 Å². The van der Waals surface area contributed by atoms with Gasteiger partial charge in [-0.1, -0.05) is 0 Å². The average Bonchev–Trinajstić information content (AvgIpc) is 1.80. The molecular formula is C8H17NO2. The van der Waals surface area contributed by atoms with E-state index in [2.05, 4.69) is 5.32 Å². The van der Waals surface area contributed by atoms with Gasteiger partial charge in [-0.05, 0) is 33.7 Å². The summed E-state index contributed by atoms with van der Waals surface area (Å²) in [5.41, 5.74) is -0.0438. The quantitative estimate of drug-likeness (QED) is 0.650. The third-order valence-electron chi connectivity index (χ3n) is 1.10. The maximum Gasteiger partial charge on any atom is 0.303 e. The van der Waals surface area contributed by atoms with Gasteiger partial charge in [0.2, 0.25) is 0 Å². The summed E-state index contributed by atoms with van der Waals surface area (Å²) in [5, 5.41) is 11.4. The maximum atomic E-state index is 10.2. The Morgan fingerprint density at radius 2 is 2.18 bits per heavy atom. The van der Waals surface area contributed by atoms with Crippen molar-refractivity contribution in [1.29, 1.82) is 0 Å². The zero-order valence-electron chi connectivity index (χ0n) is 8.35. The summed E-state index contributed by atoms with van der Waals surface area (Å²) in [7, 11) is 0. The zero-order chi connectivity index (χ0) is 9.78. The number of carboxylic acids is 1. The second-order valence-corrected chi connectivity index (χ2v) is 3.52. The number of carbonyl (C=O) groups is 1. The molecule has 0 aromatic rings. The standard InChI is InChI=1S/C8H17NO2/c1-8(2,3)9-6-4-5-7(10)11/h9H,4-6H2,1-3H3,(H,10,11)/i4D. The Labute approximate surface area is 69.2 Å². The molecule has 11 heavy (non-hydrogen) atoms. The van der Waals surface area contributed by atoms with Crippen molar-refractivity contribution >= 4 is 5.97 Å². The van der Waals surface area contributed by atoms with Gasteiger partial charge in [-0.2, -0.15) is 0 Å². The lowest BCUT2D eigenvalue weighted by molar-refractivity contribution is -0.137. The lowest BCUT2D eigenvalue weighted by atomic mass is 10.1. The smallest absolute Gasteiger partial charge is 0.303 e. The number of hydrogen-bond acceptors (Lipinski definition) is 2. The largest absolute Gasteiger partial charge is 0.481 e. The van der Waals surface area contributed by atoms with Crippen LogP contribution in [-0.4, -0.2) is 23.2 Å². The second-order valence-electron chi connectivity index (χ2n) is 3.52. The fourth-order valence-electron chi connectivity index (χ4n) is 0.574. The van der Waals surface area contributed by atoms with Crippen molar-refractivity contribution in [3.63, 3.8) is 0 Å². The Morgan fingerprint density at radius 1 is 1.64 bits per heavy atom. The van der Waals surface area contributed by atoms with Gasteiger partial charge in [0.25, 0.3) is 0 Å². The van der Waals surface area contributed by atoms with Gasteiger partial charge in [0.1, 0.15) is 0 Å². The Morgan fingerprint density at radius 3 is 2.55 bits per heavy atom. The van der Waals surface area contributed by atoms with Crippen molar-refractivity contribution in [3.8, 4) is 0 Å². The van der Waals surface area contributed by atoms with Crippen molar-refractivity contribution in [1.82, 2.24) is 5.32 Å². The topological polar surface area (TPSA) is 49.3 Å². The van der Waals surface area contributed by atoms with E-state index in [9.17, 15) is 4.79 Å². The molecule has 0 saturated carbocycles. The molecule has 0 radical (unpaired) electrons. The number of hydrogen-bond donors (Lipinski definition) is 2. The van der Waals surface area contributed by atoms with Crippen molar-refractivity contribution in [2.45, 2.75) is 39.1 Å². The van der Waals surface area contributed by atoms with Crippen LogP contribution in [0.15, 0.2) is 0 Å². The van der Waals surface area contributed by atoms with Gasteiger partial charge in [-0.25, -0.2) is 0 Å². The molecule has 3 heteroatoms. The summed E-state index contributed by atoms with van der Waals surface area (Å²) >= 11 is 0. The summed E-state index contributed by atoms with van der Waals surface area (Å²) in [6.45, 7) is 6.39. The molecule has 0 aromatic heterocycles. The average molecular weight is 160 g/mol. The molecule has 1 atom stereocenters. The van der Waals surface area contributed by atoms with Gasteiger partial charge >= 0.3 is 5.97 Å². The van der Waals surface area contributed by atoms with Crippen LogP contribution in [0.25, 0.3) is 0 Å². The van der Waals surface area contributed by atoms with Crippen LogP contribution in [0.3, 0.4) is 0 Å². The second kappa shape index (κ2) is 4.34. The molecule has 66 valence electrons. The predicted octanol–water partition coefficient (Wildman–Crippen LogP) is 1.24. The zero-order valence-corrected chi connectivity index (χ0v) is 7.35. The van der Waals surface area contributed by atoms with Crippen LogP contribution in [0.5, 0.6) is 0 Å². The van der Waals surface area contributed by atoms with Crippen LogP contribution >= 0.6 is 0 Å². The third-order valence-corrected chi connectivity index (χ3v) is 1.10. The minimum Gasteiger partial charge on any atom is -0.481 e. The molecule has 0 bridgehead atoms. The molecule has 2 N–H and O–H groups in total. The van der Waals surface area contributed by atoms with Crippen LogP contribution in [0, 0.1) is 0 Å². The summed E-state index contributed by atoms with van der Waals surface area (Å²) in [6, 6.07) is 0. The maximum absolute atomic E-state index is 10.2. The number of carboxylic acid groups (broad SMARTS) is 1. The van der Waals surface area contributed by atoms with Gasteiger partial charge in [0, 0.05) is 13.3 Å². The first-order valence-electron chi connectivity index (χ1n) is 4.28. The van der Waals surface area contributed by atoms with Crippen molar-refractivity contribution in [2.75, 3.05) is 6.54 Å². The molecular weight excluding hydrogens is 142 g/mol. The molecule has 1 unspecified atom stereocenters. The summed E-state index contributed by atoms with van der Waals surface area (Å²) in [6.07, 6.45) is -0.648. The molecule has 0 saturated heterocycles. The summed E-state index contributed by atoms with van der Waals surface area (Å²) in [4.78, 5) is 10.2. The van der Waals surface area contributed by atoms with Crippen LogP contribution in [0.2, 0.25) is 0 Å². The molecule has 0 aromatic carbocycles. The Kier molecular flexibility index (Phi) is 3.36. The summed E-state index contributed by atoms with van der Waals surface area (Å²) < 4.78 is 7.34. The fraction of sp³-hybridized carbons (Fsp3) is 0.875. The molecule has 0 fully saturated rings. The van der Waals surface area contributed by atoms with Crippen LogP contribution in [0.4, 0.5) is 0 Å². The first kappa shape index (κ1) is 8.53. The fourth-order valence-corrected chi connectivity index (χ4v) is 0.574. The lowest BCUT2D eigenvalue weighted by Gasteiger charge is -2.19. The predicted molar refractivity (Wildman–Crippen MR) is 44.6 cm³/mol. The van der Waals surface area contributed by atoms with Crippen LogP contribution < -0.4 is 5.32 Å². The molecule has 0 aliphatic rings. The molecule has 0 aliphatic carbocycles. The Hall–Kier alpha value is -0.570. The Bertz CT molecular complexity index is 154. The van der Waals surface area contributed by atoms with E-state index in [1.165, 1.54) is 0 Å². The highest BCUT2D eigenvalue weighted by Gasteiger charge is 2.07. The third kappa shape index (κ3) is 9.43. The molecule has 0 amide bonds. The first-order chi connectivity index (χ1) is 5.31. The Balaban J connectivity index is 3.57. The molecule has 3 nitrogen and oxygen atoms in total. The van der Waals surface area contributed by atoms with Crippen molar-refractivity contribution in [2.24, 2.45) is 0 Å². The minimum atomic E-state index is -0.911. The van der Waals surface area contributed by atoms with E-state index >= 15 is 0 Å². The monoisotopic (exact) mass is 160 g/mol. The van der Waals surface area contributed by atoms with Crippen LogP contribution in [-0.2, 0) is 4.79 Å². The van der Waals surface area contributed by atoms with E-state index in [0.29, 0.717) is 6.54 Å². The summed E-state index contributed by atoms with van der Waals surface area (Å²) in [5.74, 6) is -0.911. The van der Waals surface area contributed by atoms with Crippen LogP contribution in [0.1, 0.15) is 35.0 Å². The van der Waals surface area contributed by atoms with E-state index in [0.717, 1.165) is 0 Å². The molecule has 0 spiro atoms. The van der Waals surface area contributed by atoms with Gasteiger partial charge in [0.05, 0.1) is 0 Å². The number of rotatable bonds is 4. The van der Waals surface area contributed by atoms with E-state index < -0.39 is 12.4 Å². The molecule has 0 aliphatic heterocycles. The van der Waals surface area contributed by atoms with E-state index in [1.54, 1.807) is 0 Å².